The molecule has 1 N–H and O–H groups in total. The van der Waals surface area contributed by atoms with Crippen LogP contribution >= 0.6 is 34.2 Å². The molecule has 4 heteroatoms. The average Bonchev–Trinajstić information content (AvgIpc) is 2.39. The molecular formula is C15H14ClIO2. The predicted molar refractivity (Wildman–Crippen MR) is 85.6 cm³/mol. The van der Waals surface area contributed by atoms with Gasteiger partial charge in [0, 0.05) is 3.57 Å². The summed E-state index contributed by atoms with van der Waals surface area (Å²) < 4.78 is 6.88. The minimum atomic E-state index is -0.525. The van der Waals surface area contributed by atoms with Gasteiger partial charge in [0.25, 0.3) is 0 Å². The van der Waals surface area contributed by atoms with Gasteiger partial charge in [-0.2, -0.15) is 0 Å². The molecule has 19 heavy (non-hydrogen) atoms. The monoisotopic (exact) mass is 388 g/mol. The number of benzene rings is 2. The molecule has 2 nitrogen and oxygen atoms in total. The first kappa shape index (κ1) is 14.6. The highest BCUT2D eigenvalue weighted by atomic mass is 127. The van der Waals surface area contributed by atoms with Crippen molar-refractivity contribution >= 4 is 34.2 Å². The van der Waals surface area contributed by atoms with Gasteiger partial charge in [0.1, 0.15) is 12.4 Å². The van der Waals surface area contributed by atoms with Crippen LogP contribution in [0.1, 0.15) is 24.2 Å². The summed E-state index contributed by atoms with van der Waals surface area (Å²) in [6, 6.07) is 13.5. The van der Waals surface area contributed by atoms with Gasteiger partial charge >= 0.3 is 0 Å². The molecule has 0 amide bonds. The number of halogens is 2. The van der Waals surface area contributed by atoms with Crippen LogP contribution in [-0.2, 0) is 6.61 Å². The second kappa shape index (κ2) is 6.59. The van der Waals surface area contributed by atoms with E-state index in [1.807, 2.05) is 30.3 Å². The maximum Gasteiger partial charge on any atom is 0.138 e. The van der Waals surface area contributed by atoms with Crippen LogP contribution in [-0.4, -0.2) is 5.11 Å². The van der Waals surface area contributed by atoms with E-state index in [0.717, 1.165) is 11.1 Å². The van der Waals surface area contributed by atoms with Crippen LogP contribution in [0.25, 0.3) is 0 Å². The highest BCUT2D eigenvalue weighted by molar-refractivity contribution is 14.1. The normalized spacial score (nSPS) is 12.2. The van der Waals surface area contributed by atoms with Crippen molar-refractivity contribution in [3.8, 4) is 5.75 Å². The van der Waals surface area contributed by atoms with Crippen molar-refractivity contribution in [3.05, 3.63) is 62.2 Å². The molecule has 1 unspecified atom stereocenters. The first-order chi connectivity index (χ1) is 9.06. The lowest BCUT2D eigenvalue weighted by atomic mass is 10.1. The van der Waals surface area contributed by atoms with Crippen LogP contribution in [0, 0.1) is 3.57 Å². The summed E-state index contributed by atoms with van der Waals surface area (Å²) in [7, 11) is 0. The average molecular weight is 389 g/mol. The van der Waals surface area contributed by atoms with E-state index in [2.05, 4.69) is 22.6 Å². The summed E-state index contributed by atoms with van der Waals surface area (Å²) in [5, 5.41) is 9.99. The molecule has 100 valence electrons. The number of rotatable bonds is 4. The Kier molecular flexibility index (Phi) is 5.07. The van der Waals surface area contributed by atoms with Gasteiger partial charge in [-0.15, -0.1) is 0 Å². The minimum Gasteiger partial charge on any atom is -0.487 e. The summed E-state index contributed by atoms with van der Waals surface area (Å²) >= 11 is 8.39. The minimum absolute atomic E-state index is 0.477. The summed E-state index contributed by atoms with van der Waals surface area (Å²) in [5.74, 6) is 0.629. The maximum absolute atomic E-state index is 9.47. The number of aliphatic hydroxyl groups excluding tert-OH is 1. The molecule has 0 aliphatic rings. The number of hydrogen-bond donors (Lipinski definition) is 1. The molecule has 0 aliphatic heterocycles. The Labute approximate surface area is 131 Å². The quantitative estimate of drug-likeness (QED) is 0.777. The molecule has 0 bridgehead atoms. The topological polar surface area (TPSA) is 29.5 Å². The Balaban J connectivity index is 2.05. The van der Waals surface area contributed by atoms with Crippen molar-refractivity contribution in [2.45, 2.75) is 19.6 Å². The van der Waals surface area contributed by atoms with Gasteiger partial charge in [-0.05, 0) is 64.9 Å². The smallest absolute Gasteiger partial charge is 0.138 e. The van der Waals surface area contributed by atoms with E-state index in [9.17, 15) is 5.11 Å². The standard InChI is InChI=1S/C15H14ClIO2/c1-10(18)12-4-7-15(14(16)8-12)19-9-11-2-5-13(17)6-3-11/h2-8,10,18H,9H2,1H3. The van der Waals surface area contributed by atoms with E-state index in [1.165, 1.54) is 3.57 Å². The van der Waals surface area contributed by atoms with Crippen molar-refractivity contribution < 1.29 is 9.84 Å². The third-order valence-electron chi connectivity index (χ3n) is 2.75. The van der Waals surface area contributed by atoms with E-state index in [-0.39, 0.29) is 0 Å². The third kappa shape index (κ3) is 4.09. The molecule has 1 atom stereocenters. The van der Waals surface area contributed by atoms with Crippen LogP contribution < -0.4 is 4.74 Å². The molecular weight excluding hydrogens is 375 g/mol. The lowest BCUT2D eigenvalue weighted by molar-refractivity contribution is 0.199. The molecule has 0 radical (unpaired) electrons. The lowest BCUT2D eigenvalue weighted by Crippen LogP contribution is -1.97. The van der Waals surface area contributed by atoms with Gasteiger partial charge in [0.05, 0.1) is 11.1 Å². The molecule has 0 fully saturated rings. The molecule has 2 rings (SSSR count). The molecule has 0 spiro atoms. The van der Waals surface area contributed by atoms with Gasteiger partial charge in [0.2, 0.25) is 0 Å². The fourth-order valence-corrected chi connectivity index (χ4v) is 2.24. The largest absolute Gasteiger partial charge is 0.487 e. The Hall–Kier alpha value is -0.780. The zero-order chi connectivity index (χ0) is 13.8. The lowest BCUT2D eigenvalue weighted by Gasteiger charge is -2.11. The second-order valence-corrected chi connectivity index (χ2v) is 5.93. The highest BCUT2D eigenvalue weighted by Crippen LogP contribution is 2.28. The molecule has 0 aromatic heterocycles. The SMILES string of the molecule is CC(O)c1ccc(OCc2ccc(I)cc2)c(Cl)c1. The first-order valence-electron chi connectivity index (χ1n) is 5.91. The summed E-state index contributed by atoms with van der Waals surface area (Å²) in [6.07, 6.45) is -0.525. The van der Waals surface area contributed by atoms with Gasteiger partial charge < -0.3 is 9.84 Å². The van der Waals surface area contributed by atoms with E-state index >= 15 is 0 Å². The van der Waals surface area contributed by atoms with Crippen molar-refractivity contribution in [2.75, 3.05) is 0 Å². The zero-order valence-electron chi connectivity index (χ0n) is 10.4. The fraction of sp³-hybridized carbons (Fsp3) is 0.200. The molecule has 0 saturated carbocycles. The number of aliphatic hydroxyl groups is 1. The number of hydrogen-bond acceptors (Lipinski definition) is 2. The van der Waals surface area contributed by atoms with Gasteiger partial charge in [-0.1, -0.05) is 29.8 Å². The molecule has 0 aliphatic carbocycles. The maximum atomic E-state index is 9.47. The molecule has 2 aromatic rings. The van der Waals surface area contributed by atoms with Crippen LogP contribution in [0.5, 0.6) is 5.75 Å². The van der Waals surface area contributed by atoms with E-state index in [1.54, 1.807) is 19.1 Å². The summed E-state index contributed by atoms with van der Waals surface area (Å²) in [5.41, 5.74) is 1.88. The van der Waals surface area contributed by atoms with Gasteiger partial charge in [-0.25, -0.2) is 0 Å². The Morgan fingerprint density at radius 1 is 1.21 bits per heavy atom. The van der Waals surface area contributed by atoms with Crippen molar-refractivity contribution in [1.82, 2.24) is 0 Å². The molecule has 0 heterocycles. The fourth-order valence-electron chi connectivity index (χ4n) is 1.64. The first-order valence-corrected chi connectivity index (χ1v) is 7.36. The Morgan fingerprint density at radius 3 is 2.47 bits per heavy atom. The van der Waals surface area contributed by atoms with Crippen molar-refractivity contribution in [3.63, 3.8) is 0 Å². The van der Waals surface area contributed by atoms with Crippen LogP contribution in [0.4, 0.5) is 0 Å². The van der Waals surface area contributed by atoms with E-state index in [4.69, 9.17) is 16.3 Å². The molecule has 2 aromatic carbocycles. The summed E-state index contributed by atoms with van der Waals surface area (Å²) in [6.45, 7) is 2.18. The highest BCUT2D eigenvalue weighted by Gasteiger charge is 2.06. The summed E-state index contributed by atoms with van der Waals surface area (Å²) in [4.78, 5) is 0. The predicted octanol–water partition coefficient (Wildman–Crippen LogP) is 4.58. The van der Waals surface area contributed by atoms with Crippen molar-refractivity contribution in [2.24, 2.45) is 0 Å². The van der Waals surface area contributed by atoms with E-state index in [0.29, 0.717) is 17.4 Å². The third-order valence-corrected chi connectivity index (χ3v) is 3.76. The second-order valence-electron chi connectivity index (χ2n) is 4.28. The molecule has 0 saturated heterocycles. The van der Waals surface area contributed by atoms with Crippen LogP contribution in [0.2, 0.25) is 5.02 Å². The van der Waals surface area contributed by atoms with Gasteiger partial charge in [0.15, 0.2) is 0 Å². The van der Waals surface area contributed by atoms with Gasteiger partial charge in [-0.3, -0.25) is 0 Å². The Morgan fingerprint density at radius 2 is 1.89 bits per heavy atom. The van der Waals surface area contributed by atoms with Crippen LogP contribution in [0.15, 0.2) is 42.5 Å². The number of ether oxygens (including phenoxy) is 1. The zero-order valence-corrected chi connectivity index (χ0v) is 13.4. The van der Waals surface area contributed by atoms with Crippen LogP contribution in [0.3, 0.4) is 0 Å². The Bertz CT molecular complexity index is 553. The van der Waals surface area contributed by atoms with Crippen molar-refractivity contribution in [1.29, 1.82) is 0 Å². The van der Waals surface area contributed by atoms with E-state index < -0.39 is 6.10 Å².